The molecule has 102 valence electrons. The van der Waals surface area contributed by atoms with Crippen LogP contribution in [0.2, 0.25) is 0 Å². The van der Waals surface area contributed by atoms with Crippen molar-refractivity contribution in [2.24, 2.45) is 0 Å². The summed E-state index contributed by atoms with van der Waals surface area (Å²) in [6.45, 7) is 4.07. The summed E-state index contributed by atoms with van der Waals surface area (Å²) in [7, 11) is 0. The van der Waals surface area contributed by atoms with Crippen molar-refractivity contribution in [3.05, 3.63) is 77.9 Å². The van der Waals surface area contributed by atoms with Gasteiger partial charge in [0.15, 0.2) is 0 Å². The Bertz CT molecular complexity index is 606. The summed E-state index contributed by atoms with van der Waals surface area (Å²) in [4.78, 5) is 12.1. The number of phenolic OH excluding ortho intramolecular Hbond substituents is 1. The van der Waals surface area contributed by atoms with Gasteiger partial charge in [0.1, 0.15) is 5.75 Å². The molecule has 2 aromatic rings. The topological polar surface area (TPSA) is 49.3 Å². The van der Waals surface area contributed by atoms with Crippen LogP contribution in [0.3, 0.4) is 0 Å². The molecule has 2 rings (SSSR count). The quantitative estimate of drug-likeness (QED) is 0.818. The summed E-state index contributed by atoms with van der Waals surface area (Å²) < 4.78 is 0. The second kappa shape index (κ2) is 6.57. The molecule has 0 atom stereocenters. The molecule has 0 aliphatic rings. The fourth-order valence-corrected chi connectivity index (χ4v) is 1.97. The molecule has 0 aliphatic carbocycles. The molecule has 0 saturated carbocycles. The van der Waals surface area contributed by atoms with E-state index in [1.807, 2.05) is 30.3 Å². The van der Waals surface area contributed by atoms with Crippen LogP contribution in [0, 0.1) is 0 Å². The number of amides is 1. The Morgan fingerprint density at radius 3 is 2.60 bits per heavy atom. The molecule has 0 heterocycles. The Morgan fingerprint density at radius 1 is 1.15 bits per heavy atom. The highest BCUT2D eigenvalue weighted by molar-refractivity contribution is 5.97. The van der Waals surface area contributed by atoms with Crippen molar-refractivity contribution >= 4 is 5.91 Å². The maximum Gasteiger partial charge on any atom is 0.255 e. The fraction of sp³-hybridized carbons (Fsp3) is 0.118. The first-order valence-corrected chi connectivity index (χ1v) is 6.46. The van der Waals surface area contributed by atoms with Gasteiger partial charge in [-0.3, -0.25) is 4.79 Å². The van der Waals surface area contributed by atoms with Gasteiger partial charge in [-0.15, -0.1) is 6.58 Å². The second-order valence-electron chi connectivity index (χ2n) is 4.47. The van der Waals surface area contributed by atoms with E-state index in [1.54, 1.807) is 24.3 Å². The zero-order valence-electron chi connectivity index (χ0n) is 11.2. The molecule has 0 unspecified atom stereocenters. The van der Waals surface area contributed by atoms with Crippen molar-refractivity contribution in [2.45, 2.75) is 13.0 Å². The maximum atomic E-state index is 12.1. The molecule has 0 aliphatic heterocycles. The van der Waals surface area contributed by atoms with E-state index < -0.39 is 0 Å². The lowest BCUT2D eigenvalue weighted by atomic mass is 10.1. The average molecular weight is 267 g/mol. The first-order valence-electron chi connectivity index (χ1n) is 6.46. The van der Waals surface area contributed by atoms with Crippen molar-refractivity contribution in [3.63, 3.8) is 0 Å². The summed E-state index contributed by atoms with van der Waals surface area (Å²) in [5.74, 6) is -0.254. The highest BCUT2D eigenvalue weighted by atomic mass is 16.3. The molecule has 0 bridgehead atoms. The van der Waals surface area contributed by atoms with Crippen LogP contribution in [-0.2, 0) is 13.0 Å². The van der Waals surface area contributed by atoms with Crippen molar-refractivity contribution in [1.82, 2.24) is 5.32 Å². The highest BCUT2D eigenvalue weighted by Crippen LogP contribution is 2.23. The number of carbonyl (C=O) groups is 1. The van der Waals surface area contributed by atoms with E-state index in [-0.39, 0.29) is 11.7 Å². The summed E-state index contributed by atoms with van der Waals surface area (Å²) >= 11 is 0. The van der Waals surface area contributed by atoms with Crippen molar-refractivity contribution in [3.8, 4) is 5.75 Å². The van der Waals surface area contributed by atoms with Crippen molar-refractivity contribution in [1.29, 1.82) is 0 Å². The number of carbonyl (C=O) groups excluding carboxylic acids is 1. The molecule has 0 radical (unpaired) electrons. The van der Waals surface area contributed by atoms with Gasteiger partial charge >= 0.3 is 0 Å². The van der Waals surface area contributed by atoms with Gasteiger partial charge in [-0.1, -0.05) is 48.5 Å². The largest absolute Gasteiger partial charge is 0.507 e. The molecule has 2 N–H and O–H groups in total. The molecule has 3 heteroatoms. The van der Waals surface area contributed by atoms with Gasteiger partial charge in [0.2, 0.25) is 0 Å². The minimum Gasteiger partial charge on any atom is -0.507 e. The molecule has 20 heavy (non-hydrogen) atoms. The van der Waals surface area contributed by atoms with E-state index in [4.69, 9.17) is 0 Å². The number of hydrogen-bond acceptors (Lipinski definition) is 2. The smallest absolute Gasteiger partial charge is 0.255 e. The van der Waals surface area contributed by atoms with E-state index in [0.29, 0.717) is 24.1 Å². The van der Waals surface area contributed by atoms with E-state index in [9.17, 15) is 9.90 Å². The summed E-state index contributed by atoms with van der Waals surface area (Å²) in [5, 5.41) is 12.9. The molecule has 2 aromatic carbocycles. The number of hydrogen-bond donors (Lipinski definition) is 2. The lowest BCUT2D eigenvalue weighted by Gasteiger charge is -2.09. The highest BCUT2D eigenvalue weighted by Gasteiger charge is 2.13. The normalized spacial score (nSPS) is 10.0. The van der Waals surface area contributed by atoms with Crippen LogP contribution in [0.15, 0.2) is 61.2 Å². The second-order valence-corrected chi connectivity index (χ2v) is 4.47. The number of rotatable bonds is 5. The monoisotopic (exact) mass is 267 g/mol. The Hall–Kier alpha value is -2.55. The summed E-state index contributed by atoms with van der Waals surface area (Å²) in [5.41, 5.74) is 2.01. The van der Waals surface area contributed by atoms with Gasteiger partial charge < -0.3 is 10.4 Å². The zero-order valence-corrected chi connectivity index (χ0v) is 11.2. The lowest BCUT2D eigenvalue weighted by Crippen LogP contribution is -2.23. The molecule has 0 fully saturated rings. The Labute approximate surface area is 118 Å². The first kappa shape index (κ1) is 13.9. The van der Waals surface area contributed by atoms with Crippen LogP contribution in [0.4, 0.5) is 0 Å². The Morgan fingerprint density at radius 2 is 1.90 bits per heavy atom. The molecular formula is C17H17NO2. The number of allylic oxidation sites excluding steroid dienone is 1. The van der Waals surface area contributed by atoms with E-state index >= 15 is 0 Å². The molecule has 0 saturated heterocycles. The SMILES string of the molecule is C=CCc1cccc(C(=O)NCc2ccccc2)c1O. The van der Waals surface area contributed by atoms with Crippen molar-refractivity contribution < 1.29 is 9.90 Å². The van der Waals surface area contributed by atoms with Gasteiger partial charge in [-0.05, 0) is 23.6 Å². The van der Waals surface area contributed by atoms with Crippen molar-refractivity contribution in [2.75, 3.05) is 0 Å². The Kier molecular flexibility index (Phi) is 4.56. The third-order valence-electron chi connectivity index (χ3n) is 3.02. The fourth-order valence-electron chi connectivity index (χ4n) is 1.97. The predicted molar refractivity (Wildman–Crippen MR) is 79.6 cm³/mol. The third kappa shape index (κ3) is 3.26. The average Bonchev–Trinajstić information content (AvgIpc) is 2.48. The van der Waals surface area contributed by atoms with Crippen LogP contribution in [0.1, 0.15) is 21.5 Å². The molecule has 0 aromatic heterocycles. The molecule has 3 nitrogen and oxygen atoms in total. The molecule has 1 amide bonds. The predicted octanol–water partition coefficient (Wildman–Crippen LogP) is 3.05. The molecule has 0 spiro atoms. The summed E-state index contributed by atoms with van der Waals surface area (Å²) in [6, 6.07) is 14.8. The number of aromatic hydroxyl groups is 1. The van der Waals surface area contributed by atoms with Crippen LogP contribution in [0.25, 0.3) is 0 Å². The third-order valence-corrected chi connectivity index (χ3v) is 3.02. The lowest BCUT2D eigenvalue weighted by molar-refractivity contribution is 0.0948. The first-order chi connectivity index (χ1) is 9.72. The van der Waals surface area contributed by atoms with E-state index in [0.717, 1.165) is 5.56 Å². The van der Waals surface area contributed by atoms with E-state index in [2.05, 4.69) is 11.9 Å². The van der Waals surface area contributed by atoms with Gasteiger partial charge in [0.05, 0.1) is 5.56 Å². The Balaban J connectivity index is 2.09. The van der Waals surface area contributed by atoms with Gasteiger partial charge in [0.25, 0.3) is 5.91 Å². The summed E-state index contributed by atoms with van der Waals surface area (Å²) in [6.07, 6.45) is 2.23. The van der Waals surface area contributed by atoms with Gasteiger partial charge in [-0.25, -0.2) is 0 Å². The minimum atomic E-state index is -0.280. The van der Waals surface area contributed by atoms with Crippen LogP contribution in [-0.4, -0.2) is 11.0 Å². The maximum absolute atomic E-state index is 12.1. The van der Waals surface area contributed by atoms with Crippen LogP contribution < -0.4 is 5.32 Å². The zero-order chi connectivity index (χ0) is 14.4. The minimum absolute atomic E-state index is 0.0259. The van der Waals surface area contributed by atoms with Crippen LogP contribution >= 0.6 is 0 Å². The van der Waals surface area contributed by atoms with Crippen LogP contribution in [0.5, 0.6) is 5.75 Å². The standard InChI is InChI=1S/C17H17NO2/c1-2-7-14-10-6-11-15(16(14)19)17(20)18-12-13-8-4-3-5-9-13/h2-6,8-11,19H,1,7,12H2,(H,18,20). The van der Waals surface area contributed by atoms with E-state index in [1.165, 1.54) is 0 Å². The van der Waals surface area contributed by atoms with Gasteiger partial charge in [0, 0.05) is 6.54 Å². The number of phenols is 1. The van der Waals surface area contributed by atoms with Gasteiger partial charge in [-0.2, -0.15) is 0 Å². The molecular weight excluding hydrogens is 250 g/mol. The number of benzene rings is 2. The number of nitrogens with one attached hydrogen (secondary N) is 1. The number of para-hydroxylation sites is 1.